The molecule has 0 bridgehead atoms. The molecule has 0 spiro atoms. The maximum absolute atomic E-state index is 14.0. The molecule has 2 aliphatic heterocycles. The van der Waals surface area contributed by atoms with E-state index in [4.69, 9.17) is 11.6 Å². The molecule has 3 heterocycles. The van der Waals surface area contributed by atoms with Gasteiger partial charge in [-0.25, -0.2) is 14.4 Å². The minimum Gasteiger partial charge on any atom is -0.321 e. The Morgan fingerprint density at radius 3 is 2.60 bits per heavy atom. The van der Waals surface area contributed by atoms with Gasteiger partial charge in [0.25, 0.3) is 11.8 Å². The zero-order chi connectivity index (χ0) is 21.6. The number of nitrogens with zero attached hydrogens (tertiary/aromatic N) is 4. The molecule has 4 rings (SSSR count). The first-order chi connectivity index (χ1) is 14.3. The highest BCUT2D eigenvalue weighted by molar-refractivity contribution is 6.29. The first-order valence-electron chi connectivity index (χ1n) is 9.58. The molecule has 0 saturated heterocycles. The number of rotatable bonds is 3. The average Bonchev–Trinajstić information content (AvgIpc) is 2.69. The molecule has 8 heteroatoms. The summed E-state index contributed by atoms with van der Waals surface area (Å²) in [5.74, 6) is -0.928. The van der Waals surface area contributed by atoms with Gasteiger partial charge in [0, 0.05) is 17.5 Å². The van der Waals surface area contributed by atoms with Crippen molar-refractivity contribution in [2.24, 2.45) is 4.99 Å². The molecule has 0 N–H and O–H groups in total. The van der Waals surface area contributed by atoms with E-state index < -0.39 is 6.04 Å². The number of aliphatic imine (C=N–C) groups is 1. The maximum Gasteiger partial charge on any atom is 0.276 e. The lowest BCUT2D eigenvalue weighted by Gasteiger charge is -2.41. The van der Waals surface area contributed by atoms with Crippen molar-refractivity contribution in [1.82, 2.24) is 9.88 Å². The molecular formula is C22H20ClFN4O2. The summed E-state index contributed by atoms with van der Waals surface area (Å²) >= 11 is 6.09. The number of aromatic nitrogens is 1. The van der Waals surface area contributed by atoms with E-state index in [9.17, 15) is 14.0 Å². The smallest absolute Gasteiger partial charge is 0.276 e. The van der Waals surface area contributed by atoms with Gasteiger partial charge >= 0.3 is 0 Å². The van der Waals surface area contributed by atoms with Gasteiger partial charge in [-0.1, -0.05) is 31.5 Å². The topological polar surface area (TPSA) is 65.9 Å². The highest BCUT2D eigenvalue weighted by Crippen LogP contribution is 2.38. The van der Waals surface area contributed by atoms with Crippen molar-refractivity contribution in [3.63, 3.8) is 0 Å². The number of hydrogen-bond donors (Lipinski definition) is 0. The van der Waals surface area contributed by atoms with Crippen molar-refractivity contribution in [3.05, 3.63) is 64.7 Å². The molecule has 6 nitrogen and oxygen atoms in total. The molecule has 0 fully saturated rings. The fourth-order valence-corrected chi connectivity index (χ4v) is 3.95. The highest BCUT2D eigenvalue weighted by atomic mass is 35.5. The quantitative estimate of drug-likeness (QED) is 0.679. The number of anilines is 2. The van der Waals surface area contributed by atoms with Gasteiger partial charge in [0.1, 0.15) is 11.0 Å². The van der Waals surface area contributed by atoms with E-state index in [1.807, 2.05) is 18.7 Å². The number of hydrogen-bond acceptors (Lipinski definition) is 4. The van der Waals surface area contributed by atoms with Gasteiger partial charge in [-0.3, -0.25) is 9.59 Å². The molecule has 0 aliphatic carbocycles. The first kappa shape index (κ1) is 20.2. The molecule has 30 heavy (non-hydrogen) atoms. The number of carbonyl (C=O) groups is 2. The average molecular weight is 427 g/mol. The Balaban J connectivity index is 1.87. The molecule has 1 aromatic carbocycles. The van der Waals surface area contributed by atoms with Crippen molar-refractivity contribution in [2.75, 3.05) is 11.6 Å². The van der Waals surface area contributed by atoms with Gasteiger partial charge in [-0.2, -0.15) is 0 Å². The third kappa shape index (κ3) is 3.50. The van der Waals surface area contributed by atoms with Crippen molar-refractivity contribution in [3.8, 4) is 0 Å². The van der Waals surface area contributed by atoms with Gasteiger partial charge in [-0.05, 0) is 48.7 Å². The van der Waals surface area contributed by atoms with Crippen LogP contribution in [-0.4, -0.2) is 40.1 Å². The molecule has 1 unspecified atom stereocenters. The number of halogens is 2. The maximum atomic E-state index is 14.0. The van der Waals surface area contributed by atoms with Crippen LogP contribution in [0.1, 0.15) is 42.7 Å². The van der Waals surface area contributed by atoms with E-state index in [2.05, 4.69) is 9.98 Å². The third-order valence-electron chi connectivity index (χ3n) is 5.26. The Morgan fingerprint density at radius 1 is 1.17 bits per heavy atom. The van der Waals surface area contributed by atoms with Gasteiger partial charge in [0.05, 0.1) is 18.4 Å². The molecule has 0 saturated carbocycles. The Labute approximate surface area is 178 Å². The number of amides is 2. The summed E-state index contributed by atoms with van der Waals surface area (Å²) in [5.41, 5.74) is 2.90. The Hall–Kier alpha value is -3.06. The standard InChI is InChI=1S/C22H20ClFN4O2/c1-12(2)15-10-14(24)4-5-17(15)27-11-28(16-7-9-20(29)25-13(16)3)22(30)21-18(27)6-8-19(23)26-21/h4-10,12,16H,11H2,1-3H3. The zero-order valence-electron chi connectivity index (χ0n) is 16.8. The van der Waals surface area contributed by atoms with Crippen LogP contribution >= 0.6 is 11.6 Å². The third-order valence-corrected chi connectivity index (χ3v) is 5.47. The number of fused-ring (bicyclic) bond motifs is 1. The molecular weight excluding hydrogens is 407 g/mol. The predicted molar refractivity (Wildman–Crippen MR) is 114 cm³/mol. The van der Waals surface area contributed by atoms with Crippen molar-refractivity contribution >= 4 is 40.5 Å². The highest BCUT2D eigenvalue weighted by Gasteiger charge is 2.37. The minimum atomic E-state index is -0.491. The molecule has 2 amide bonds. The fourth-order valence-electron chi connectivity index (χ4n) is 3.81. The van der Waals surface area contributed by atoms with Crippen LogP contribution in [0.2, 0.25) is 5.15 Å². The first-order valence-corrected chi connectivity index (χ1v) is 9.96. The number of pyridine rings is 1. The van der Waals surface area contributed by atoms with Crippen LogP contribution in [0.5, 0.6) is 0 Å². The van der Waals surface area contributed by atoms with Crippen LogP contribution in [0.25, 0.3) is 0 Å². The minimum absolute atomic E-state index is 0.0565. The van der Waals surface area contributed by atoms with Crippen molar-refractivity contribution in [2.45, 2.75) is 32.7 Å². The second-order valence-electron chi connectivity index (χ2n) is 7.60. The van der Waals surface area contributed by atoms with Crippen LogP contribution in [0.4, 0.5) is 15.8 Å². The lowest BCUT2D eigenvalue weighted by Crippen LogP contribution is -2.52. The van der Waals surface area contributed by atoms with Crippen LogP contribution in [0, 0.1) is 5.82 Å². The predicted octanol–water partition coefficient (Wildman–Crippen LogP) is 4.47. The molecule has 1 atom stereocenters. The van der Waals surface area contributed by atoms with Crippen LogP contribution in [0.3, 0.4) is 0 Å². The van der Waals surface area contributed by atoms with E-state index in [0.29, 0.717) is 11.4 Å². The van der Waals surface area contributed by atoms with Crippen LogP contribution in [0.15, 0.2) is 47.5 Å². The molecule has 0 radical (unpaired) electrons. The van der Waals surface area contributed by atoms with Crippen LogP contribution in [-0.2, 0) is 4.79 Å². The summed E-state index contributed by atoms with van der Waals surface area (Å²) in [5, 5.41) is 0.201. The summed E-state index contributed by atoms with van der Waals surface area (Å²) in [7, 11) is 0. The summed E-state index contributed by atoms with van der Waals surface area (Å²) in [4.78, 5) is 36.7. The number of benzene rings is 1. The second kappa shape index (κ2) is 7.65. The zero-order valence-corrected chi connectivity index (χ0v) is 17.5. The normalized spacial score (nSPS) is 18.7. The van der Waals surface area contributed by atoms with Gasteiger partial charge < -0.3 is 9.80 Å². The lowest BCUT2D eigenvalue weighted by molar-refractivity contribution is -0.113. The summed E-state index contributed by atoms with van der Waals surface area (Å²) in [6.07, 6.45) is 3.01. The van der Waals surface area contributed by atoms with Crippen molar-refractivity contribution < 1.29 is 14.0 Å². The largest absolute Gasteiger partial charge is 0.321 e. The summed E-state index contributed by atoms with van der Waals surface area (Å²) in [6.45, 7) is 5.87. The Bertz CT molecular complexity index is 1110. The fraction of sp³-hybridized carbons (Fsp3) is 0.273. The van der Waals surface area contributed by atoms with E-state index >= 15 is 0 Å². The second-order valence-corrected chi connectivity index (χ2v) is 7.99. The SMILES string of the molecule is CC1=NC(=O)C=CC1N1CN(c2ccc(F)cc2C(C)C)c2ccc(Cl)nc2C1=O. The van der Waals surface area contributed by atoms with Gasteiger partial charge in [0.15, 0.2) is 5.69 Å². The molecule has 1 aromatic heterocycles. The lowest BCUT2D eigenvalue weighted by atomic mass is 9.98. The molecule has 2 aromatic rings. The van der Waals surface area contributed by atoms with E-state index in [1.54, 1.807) is 36.1 Å². The van der Waals surface area contributed by atoms with E-state index in [-0.39, 0.29) is 41.1 Å². The molecule has 154 valence electrons. The van der Waals surface area contributed by atoms with Crippen molar-refractivity contribution in [1.29, 1.82) is 0 Å². The Kier molecular flexibility index (Phi) is 5.15. The van der Waals surface area contributed by atoms with Gasteiger partial charge in [-0.15, -0.1) is 0 Å². The number of carbonyl (C=O) groups excluding carboxylic acids is 2. The van der Waals surface area contributed by atoms with E-state index in [1.165, 1.54) is 18.2 Å². The van der Waals surface area contributed by atoms with Gasteiger partial charge in [0.2, 0.25) is 0 Å². The monoisotopic (exact) mass is 426 g/mol. The Morgan fingerprint density at radius 2 is 1.90 bits per heavy atom. The summed E-state index contributed by atoms with van der Waals surface area (Å²) in [6, 6.07) is 7.50. The summed E-state index contributed by atoms with van der Waals surface area (Å²) < 4.78 is 14.0. The van der Waals surface area contributed by atoms with E-state index in [0.717, 1.165) is 11.3 Å². The van der Waals surface area contributed by atoms with Crippen LogP contribution < -0.4 is 4.90 Å². The number of dihydropyridines is 1. The molecule has 2 aliphatic rings.